The van der Waals surface area contributed by atoms with E-state index >= 15 is 0 Å². The van der Waals surface area contributed by atoms with Crippen molar-refractivity contribution in [2.75, 3.05) is 26.2 Å². The molecule has 1 aromatic heterocycles. The molecule has 2 aromatic carbocycles. The van der Waals surface area contributed by atoms with Crippen LogP contribution in [-0.2, 0) is 16.7 Å². The minimum Gasteiger partial charge on any atom is -0.409 e. The van der Waals surface area contributed by atoms with Gasteiger partial charge in [0.2, 0.25) is 15.9 Å². The number of aromatic nitrogens is 2. The Kier molecular flexibility index (Phi) is 6.22. The molecule has 0 bridgehead atoms. The van der Waals surface area contributed by atoms with E-state index in [4.69, 9.17) is 33.5 Å². The predicted molar refractivity (Wildman–Crippen MR) is 117 cm³/mol. The Morgan fingerprint density at radius 2 is 1.71 bits per heavy atom. The average Bonchev–Trinajstić information content (AvgIpc) is 3.14. The SMILES string of the molecule is N#Cc1ccc(S(=O)(=O)N2CCN(Cn3nc(-c4ccc(Cl)cc4)oc3=S)CC2)cc1. The third kappa shape index (κ3) is 4.71. The zero-order valence-electron chi connectivity index (χ0n) is 16.3. The second-order valence-corrected chi connectivity index (χ2v) is 9.70. The lowest BCUT2D eigenvalue weighted by Crippen LogP contribution is -2.48. The van der Waals surface area contributed by atoms with Crippen molar-refractivity contribution in [1.29, 1.82) is 5.26 Å². The first-order chi connectivity index (χ1) is 14.9. The van der Waals surface area contributed by atoms with E-state index < -0.39 is 10.0 Å². The highest BCUT2D eigenvalue weighted by Crippen LogP contribution is 2.21. The van der Waals surface area contributed by atoms with Gasteiger partial charge in [-0.1, -0.05) is 11.6 Å². The molecule has 1 aliphatic rings. The highest BCUT2D eigenvalue weighted by molar-refractivity contribution is 7.89. The van der Waals surface area contributed by atoms with Gasteiger partial charge in [0.15, 0.2) is 0 Å². The number of nitriles is 1. The molecule has 3 aromatic rings. The van der Waals surface area contributed by atoms with Gasteiger partial charge in [-0.05, 0) is 60.7 Å². The van der Waals surface area contributed by atoms with Gasteiger partial charge < -0.3 is 4.42 Å². The van der Waals surface area contributed by atoms with Crippen LogP contribution in [-0.4, -0.2) is 53.6 Å². The Morgan fingerprint density at radius 3 is 2.32 bits per heavy atom. The maximum Gasteiger partial charge on any atom is 0.288 e. The molecule has 1 fully saturated rings. The molecular formula is C20H18ClN5O3S2. The first-order valence-corrected chi connectivity index (χ1v) is 11.7. The summed E-state index contributed by atoms with van der Waals surface area (Å²) in [7, 11) is -3.60. The Hall–Kier alpha value is -2.55. The van der Waals surface area contributed by atoms with Gasteiger partial charge in [0.25, 0.3) is 4.84 Å². The van der Waals surface area contributed by atoms with Gasteiger partial charge >= 0.3 is 0 Å². The Morgan fingerprint density at radius 1 is 1.06 bits per heavy atom. The lowest BCUT2D eigenvalue weighted by atomic mass is 10.2. The van der Waals surface area contributed by atoms with E-state index in [0.29, 0.717) is 49.3 Å². The van der Waals surface area contributed by atoms with Gasteiger partial charge in [0, 0.05) is 36.8 Å². The summed E-state index contributed by atoms with van der Waals surface area (Å²) in [5.41, 5.74) is 1.19. The summed E-state index contributed by atoms with van der Waals surface area (Å²) in [6.45, 7) is 2.15. The van der Waals surface area contributed by atoms with Crippen molar-refractivity contribution in [3.05, 3.63) is 64.0 Å². The number of halogens is 1. The van der Waals surface area contributed by atoms with Gasteiger partial charge in [0.05, 0.1) is 23.2 Å². The number of piperazine rings is 1. The largest absolute Gasteiger partial charge is 0.409 e. The molecule has 8 nitrogen and oxygen atoms in total. The van der Waals surface area contributed by atoms with E-state index in [1.807, 2.05) is 6.07 Å². The number of hydrogen-bond donors (Lipinski definition) is 0. The molecule has 2 heterocycles. The van der Waals surface area contributed by atoms with Crippen LogP contribution in [0.2, 0.25) is 5.02 Å². The minimum atomic E-state index is -3.60. The van der Waals surface area contributed by atoms with E-state index in [1.54, 1.807) is 28.9 Å². The van der Waals surface area contributed by atoms with Gasteiger partial charge in [-0.3, -0.25) is 4.90 Å². The van der Waals surface area contributed by atoms with Crippen molar-refractivity contribution in [2.24, 2.45) is 0 Å². The van der Waals surface area contributed by atoms with Crippen molar-refractivity contribution in [3.8, 4) is 17.5 Å². The monoisotopic (exact) mass is 475 g/mol. The normalized spacial score (nSPS) is 15.6. The molecule has 0 spiro atoms. The van der Waals surface area contributed by atoms with Crippen molar-refractivity contribution in [1.82, 2.24) is 19.0 Å². The number of sulfonamides is 1. The van der Waals surface area contributed by atoms with Crippen LogP contribution in [0.15, 0.2) is 57.8 Å². The van der Waals surface area contributed by atoms with Crippen LogP contribution in [0.3, 0.4) is 0 Å². The molecule has 0 radical (unpaired) electrons. The quantitative estimate of drug-likeness (QED) is 0.522. The van der Waals surface area contributed by atoms with Crippen LogP contribution in [0.1, 0.15) is 5.56 Å². The topological polar surface area (TPSA) is 95.4 Å². The van der Waals surface area contributed by atoms with Gasteiger partial charge in [-0.15, -0.1) is 5.10 Å². The first-order valence-electron chi connectivity index (χ1n) is 9.43. The minimum absolute atomic E-state index is 0.186. The Labute approximate surface area is 189 Å². The molecule has 160 valence electrons. The fourth-order valence-corrected chi connectivity index (χ4v) is 4.98. The molecule has 1 saturated heterocycles. The molecule has 0 unspecified atom stereocenters. The fraction of sp³-hybridized carbons (Fsp3) is 0.250. The standard InChI is InChI=1S/C20H18ClN5O3S2/c21-17-5-3-16(4-6-17)19-23-26(20(30)29-19)14-24-9-11-25(12-10-24)31(27,28)18-7-1-15(13-22)2-8-18/h1-8H,9-12,14H2. The summed E-state index contributed by atoms with van der Waals surface area (Å²) >= 11 is 11.2. The van der Waals surface area contributed by atoms with Crippen LogP contribution in [0.25, 0.3) is 11.5 Å². The maximum atomic E-state index is 12.9. The predicted octanol–water partition coefficient (Wildman–Crippen LogP) is 3.36. The van der Waals surface area contributed by atoms with E-state index in [2.05, 4.69) is 10.00 Å². The van der Waals surface area contributed by atoms with Gasteiger partial charge in [0.1, 0.15) is 0 Å². The van der Waals surface area contributed by atoms with Gasteiger partial charge in [-0.2, -0.15) is 9.57 Å². The molecule has 11 heteroatoms. The first kappa shape index (κ1) is 21.7. The van der Waals surface area contributed by atoms with E-state index in [1.165, 1.54) is 28.6 Å². The molecule has 0 N–H and O–H groups in total. The third-order valence-corrected chi connectivity index (χ3v) is 7.44. The number of benzene rings is 2. The summed E-state index contributed by atoms with van der Waals surface area (Å²) < 4.78 is 34.4. The molecule has 0 atom stereocenters. The summed E-state index contributed by atoms with van der Waals surface area (Å²) in [5.74, 6) is 0.406. The van der Waals surface area contributed by atoms with E-state index in [-0.39, 0.29) is 9.73 Å². The van der Waals surface area contributed by atoms with Crippen molar-refractivity contribution in [3.63, 3.8) is 0 Å². The molecule has 0 aliphatic carbocycles. The summed E-state index contributed by atoms with van der Waals surface area (Å²) in [6, 6.07) is 15.0. The Bertz CT molecular complexity index is 1270. The lowest BCUT2D eigenvalue weighted by molar-refractivity contribution is 0.143. The third-order valence-electron chi connectivity index (χ3n) is 4.98. The zero-order valence-corrected chi connectivity index (χ0v) is 18.7. The Balaban J connectivity index is 1.41. The maximum absolute atomic E-state index is 12.9. The van der Waals surface area contributed by atoms with Crippen molar-refractivity contribution < 1.29 is 12.8 Å². The lowest BCUT2D eigenvalue weighted by Gasteiger charge is -2.33. The van der Waals surface area contributed by atoms with Crippen LogP contribution in [0, 0.1) is 16.2 Å². The summed E-state index contributed by atoms with van der Waals surface area (Å²) in [6.07, 6.45) is 0. The molecule has 4 rings (SSSR count). The smallest absolute Gasteiger partial charge is 0.288 e. The number of hydrogen-bond acceptors (Lipinski definition) is 7. The molecular weight excluding hydrogens is 458 g/mol. The summed E-state index contributed by atoms with van der Waals surface area (Å²) in [5, 5.41) is 13.9. The second-order valence-electron chi connectivity index (χ2n) is 6.98. The van der Waals surface area contributed by atoms with Crippen LogP contribution in [0.4, 0.5) is 0 Å². The van der Waals surface area contributed by atoms with Gasteiger partial charge in [-0.25, -0.2) is 13.1 Å². The van der Waals surface area contributed by atoms with Crippen molar-refractivity contribution in [2.45, 2.75) is 11.6 Å². The number of nitrogens with zero attached hydrogens (tertiary/aromatic N) is 5. The molecule has 31 heavy (non-hydrogen) atoms. The van der Waals surface area contributed by atoms with Crippen molar-refractivity contribution >= 4 is 33.8 Å². The average molecular weight is 476 g/mol. The van der Waals surface area contributed by atoms with Crippen LogP contribution in [0.5, 0.6) is 0 Å². The zero-order chi connectivity index (χ0) is 22.0. The van der Waals surface area contributed by atoms with Crippen LogP contribution < -0.4 is 0 Å². The highest BCUT2D eigenvalue weighted by atomic mass is 35.5. The summed E-state index contributed by atoms with van der Waals surface area (Å²) in [4.78, 5) is 2.50. The molecule has 1 aliphatic heterocycles. The highest BCUT2D eigenvalue weighted by Gasteiger charge is 2.28. The molecule has 0 saturated carbocycles. The molecule has 0 amide bonds. The van der Waals surface area contributed by atoms with E-state index in [9.17, 15) is 8.42 Å². The number of rotatable bonds is 5. The van der Waals surface area contributed by atoms with E-state index in [0.717, 1.165) is 5.56 Å². The van der Waals surface area contributed by atoms with Crippen LogP contribution >= 0.6 is 23.8 Å². The fourth-order valence-electron chi connectivity index (χ4n) is 3.26. The second kappa shape index (κ2) is 8.90.